The Morgan fingerprint density at radius 3 is 2.87 bits per heavy atom. The van der Waals surface area contributed by atoms with Crippen molar-refractivity contribution in [2.24, 2.45) is 0 Å². The normalized spacial score (nSPS) is 10.9. The topological polar surface area (TPSA) is 81.4 Å². The number of aromatic nitrogens is 4. The first-order valence-corrected chi connectivity index (χ1v) is 8.17. The number of hydrogen-bond acceptors (Lipinski definition) is 6. The summed E-state index contributed by atoms with van der Waals surface area (Å²) in [6.07, 6.45) is 1.18. The van der Waals surface area contributed by atoms with Crippen molar-refractivity contribution in [3.8, 4) is 16.3 Å². The molecule has 0 unspecified atom stereocenters. The molecule has 23 heavy (non-hydrogen) atoms. The molecule has 0 aliphatic heterocycles. The molecule has 0 spiro atoms. The predicted molar refractivity (Wildman–Crippen MR) is 88.9 cm³/mol. The monoisotopic (exact) mass is 331 g/mol. The zero-order valence-electron chi connectivity index (χ0n) is 13.2. The molecule has 1 amide bonds. The molecule has 1 N–H and O–H groups in total. The minimum atomic E-state index is -0.0631. The lowest BCUT2D eigenvalue weighted by Gasteiger charge is -2.10. The van der Waals surface area contributed by atoms with Gasteiger partial charge < -0.3 is 10.1 Å². The van der Waals surface area contributed by atoms with Crippen LogP contribution >= 0.6 is 11.3 Å². The highest BCUT2D eigenvalue weighted by atomic mass is 32.1. The maximum absolute atomic E-state index is 11.7. The van der Waals surface area contributed by atoms with Gasteiger partial charge in [-0.1, -0.05) is 25.2 Å². The summed E-state index contributed by atoms with van der Waals surface area (Å²) in [5.41, 5.74) is 1.54. The van der Waals surface area contributed by atoms with E-state index in [1.54, 1.807) is 18.5 Å². The summed E-state index contributed by atoms with van der Waals surface area (Å²) >= 11 is 1.46. The molecule has 0 saturated carbocycles. The van der Waals surface area contributed by atoms with Crippen molar-refractivity contribution in [2.45, 2.75) is 26.7 Å². The molecular formula is C15H17N5O2S. The molecular weight excluding hydrogens is 314 g/mol. The van der Waals surface area contributed by atoms with E-state index >= 15 is 0 Å². The quantitative estimate of drug-likeness (QED) is 0.777. The average Bonchev–Trinajstić information content (AvgIpc) is 3.14. The van der Waals surface area contributed by atoms with Crippen LogP contribution in [0.2, 0.25) is 0 Å². The van der Waals surface area contributed by atoms with Crippen LogP contribution in [0.15, 0.2) is 18.2 Å². The molecule has 0 atom stereocenters. The van der Waals surface area contributed by atoms with Crippen LogP contribution < -0.4 is 10.1 Å². The fraction of sp³-hybridized carbons (Fsp3) is 0.333. The van der Waals surface area contributed by atoms with Gasteiger partial charge in [0, 0.05) is 18.4 Å². The Balaban J connectivity index is 2.02. The van der Waals surface area contributed by atoms with Crippen molar-refractivity contribution in [1.82, 2.24) is 19.8 Å². The number of aryl methyl sites for hydroxylation is 1. The lowest BCUT2D eigenvalue weighted by Crippen LogP contribution is -2.10. The molecule has 7 nitrogen and oxygen atoms in total. The lowest BCUT2D eigenvalue weighted by molar-refractivity contribution is -0.115. The number of amides is 1. The Labute approximate surface area is 137 Å². The number of methoxy groups -OCH3 is 1. The van der Waals surface area contributed by atoms with Gasteiger partial charge in [0.05, 0.1) is 12.8 Å². The van der Waals surface area contributed by atoms with Gasteiger partial charge in [0.25, 0.3) is 0 Å². The molecule has 3 rings (SSSR count). The molecule has 0 fully saturated rings. The highest BCUT2D eigenvalue weighted by molar-refractivity contribution is 7.19. The van der Waals surface area contributed by atoms with E-state index in [-0.39, 0.29) is 5.91 Å². The maximum atomic E-state index is 11.7. The maximum Gasteiger partial charge on any atom is 0.234 e. The van der Waals surface area contributed by atoms with Gasteiger partial charge in [-0.05, 0) is 18.2 Å². The van der Waals surface area contributed by atoms with Gasteiger partial charge in [0.1, 0.15) is 10.8 Å². The summed E-state index contributed by atoms with van der Waals surface area (Å²) in [7, 11) is 1.58. The summed E-state index contributed by atoms with van der Waals surface area (Å²) in [4.78, 5) is 12.4. The van der Waals surface area contributed by atoms with Crippen LogP contribution in [0.4, 0.5) is 5.69 Å². The Hall–Kier alpha value is -2.48. The smallest absolute Gasteiger partial charge is 0.234 e. The molecule has 0 bridgehead atoms. The number of anilines is 1. The number of nitrogens with zero attached hydrogens (tertiary/aromatic N) is 4. The first kappa shape index (κ1) is 15.4. The number of carbonyl (C=O) groups is 1. The molecule has 0 saturated heterocycles. The SMILES string of the molecule is CCC(=O)Nc1cc(-c2nn3c(CC)nnc3s2)ccc1OC. The summed E-state index contributed by atoms with van der Waals surface area (Å²) in [5.74, 6) is 1.38. The van der Waals surface area contributed by atoms with Gasteiger partial charge in [-0.3, -0.25) is 4.79 Å². The Bertz CT molecular complexity index is 855. The van der Waals surface area contributed by atoms with Crippen molar-refractivity contribution in [1.29, 1.82) is 0 Å². The Kier molecular flexibility index (Phi) is 4.24. The number of nitrogens with one attached hydrogen (secondary N) is 1. The fourth-order valence-electron chi connectivity index (χ4n) is 2.17. The molecule has 8 heteroatoms. The predicted octanol–water partition coefficient (Wildman–Crippen LogP) is 2.77. The molecule has 1 aromatic carbocycles. The van der Waals surface area contributed by atoms with E-state index in [4.69, 9.17) is 4.74 Å². The summed E-state index contributed by atoms with van der Waals surface area (Å²) in [6, 6.07) is 5.60. The third-order valence-electron chi connectivity index (χ3n) is 3.41. The zero-order valence-corrected chi connectivity index (χ0v) is 14.0. The van der Waals surface area contributed by atoms with E-state index in [9.17, 15) is 4.79 Å². The second-order valence-corrected chi connectivity index (χ2v) is 5.84. The van der Waals surface area contributed by atoms with Crippen molar-refractivity contribution in [2.75, 3.05) is 12.4 Å². The van der Waals surface area contributed by atoms with Crippen LogP contribution in [0.5, 0.6) is 5.75 Å². The van der Waals surface area contributed by atoms with Gasteiger partial charge in [0.2, 0.25) is 10.9 Å². The van der Waals surface area contributed by atoms with Crippen LogP contribution in [0.3, 0.4) is 0 Å². The second-order valence-electron chi connectivity index (χ2n) is 4.89. The van der Waals surface area contributed by atoms with Crippen LogP contribution in [-0.2, 0) is 11.2 Å². The molecule has 0 aliphatic rings. The fourth-order valence-corrected chi connectivity index (χ4v) is 3.03. The summed E-state index contributed by atoms with van der Waals surface area (Å²) in [6.45, 7) is 3.82. The van der Waals surface area contributed by atoms with Crippen LogP contribution in [0.1, 0.15) is 26.1 Å². The Morgan fingerprint density at radius 1 is 1.35 bits per heavy atom. The summed E-state index contributed by atoms with van der Waals surface area (Å²) in [5, 5.41) is 16.5. The third kappa shape index (κ3) is 2.89. The van der Waals surface area contributed by atoms with E-state index in [0.29, 0.717) is 17.9 Å². The van der Waals surface area contributed by atoms with Gasteiger partial charge in [-0.2, -0.15) is 9.61 Å². The van der Waals surface area contributed by atoms with Crippen LogP contribution in [-0.4, -0.2) is 32.8 Å². The zero-order chi connectivity index (χ0) is 16.4. The number of rotatable bonds is 5. The molecule has 2 aromatic heterocycles. The number of hydrogen-bond donors (Lipinski definition) is 1. The van der Waals surface area contributed by atoms with E-state index in [2.05, 4.69) is 20.6 Å². The van der Waals surface area contributed by atoms with E-state index in [1.807, 2.05) is 25.1 Å². The third-order valence-corrected chi connectivity index (χ3v) is 4.36. The highest BCUT2D eigenvalue weighted by Crippen LogP contribution is 2.32. The van der Waals surface area contributed by atoms with Crippen molar-refractivity contribution in [3.63, 3.8) is 0 Å². The van der Waals surface area contributed by atoms with Crippen molar-refractivity contribution >= 4 is 27.9 Å². The van der Waals surface area contributed by atoms with Crippen LogP contribution in [0.25, 0.3) is 15.5 Å². The van der Waals surface area contributed by atoms with Gasteiger partial charge in [-0.25, -0.2) is 0 Å². The molecule has 3 aromatic rings. The standard InChI is InChI=1S/C15H17N5O2S/c1-4-12-17-18-15-20(12)19-14(23-15)9-6-7-11(22-3)10(8-9)16-13(21)5-2/h6-8H,4-5H2,1-3H3,(H,16,21). The first-order chi connectivity index (χ1) is 11.2. The molecule has 0 radical (unpaired) electrons. The number of fused-ring (bicyclic) bond motifs is 1. The van der Waals surface area contributed by atoms with Gasteiger partial charge in [-0.15, -0.1) is 10.2 Å². The number of benzene rings is 1. The van der Waals surface area contributed by atoms with E-state index < -0.39 is 0 Å². The minimum absolute atomic E-state index is 0.0631. The molecule has 0 aliphatic carbocycles. The largest absolute Gasteiger partial charge is 0.495 e. The van der Waals surface area contributed by atoms with Gasteiger partial charge >= 0.3 is 0 Å². The molecule has 120 valence electrons. The summed E-state index contributed by atoms with van der Waals surface area (Å²) < 4.78 is 7.06. The average molecular weight is 331 g/mol. The van der Waals surface area contributed by atoms with Crippen molar-refractivity contribution < 1.29 is 9.53 Å². The molecule has 2 heterocycles. The number of ether oxygens (including phenoxy) is 1. The Morgan fingerprint density at radius 2 is 2.17 bits per heavy atom. The van der Waals surface area contributed by atoms with E-state index in [0.717, 1.165) is 27.8 Å². The van der Waals surface area contributed by atoms with Crippen LogP contribution in [0, 0.1) is 0 Å². The first-order valence-electron chi connectivity index (χ1n) is 7.35. The second kappa shape index (κ2) is 6.33. The highest BCUT2D eigenvalue weighted by Gasteiger charge is 2.14. The number of carbonyl (C=O) groups excluding carboxylic acids is 1. The van der Waals surface area contributed by atoms with E-state index in [1.165, 1.54) is 11.3 Å². The van der Waals surface area contributed by atoms with Crippen molar-refractivity contribution in [3.05, 3.63) is 24.0 Å². The van der Waals surface area contributed by atoms with Gasteiger partial charge in [0.15, 0.2) is 5.82 Å². The minimum Gasteiger partial charge on any atom is -0.495 e. The lowest BCUT2D eigenvalue weighted by atomic mass is 10.2.